The first kappa shape index (κ1) is 19.0. The number of hydrogen-bond acceptors (Lipinski definition) is 6. The number of aromatic amines is 2. The molecule has 0 saturated heterocycles. The summed E-state index contributed by atoms with van der Waals surface area (Å²) in [4.78, 5) is 0. The van der Waals surface area contributed by atoms with E-state index in [1.54, 1.807) is 12.1 Å². The van der Waals surface area contributed by atoms with Crippen LogP contribution < -0.4 is 0 Å². The second-order valence-electron chi connectivity index (χ2n) is 7.82. The van der Waals surface area contributed by atoms with Crippen LogP contribution in [0.15, 0.2) is 72.8 Å². The Kier molecular flexibility index (Phi) is 4.29. The van der Waals surface area contributed by atoms with Gasteiger partial charge in [0.15, 0.2) is 0 Å². The zero-order valence-corrected chi connectivity index (χ0v) is 17.3. The van der Waals surface area contributed by atoms with Crippen LogP contribution in [0.25, 0.3) is 44.3 Å². The van der Waals surface area contributed by atoms with Gasteiger partial charge in [-0.25, -0.2) is 0 Å². The molecule has 0 aliphatic rings. The number of aromatic hydroxyl groups is 2. The number of rotatable bonds is 4. The Morgan fingerprint density at radius 3 is 1.45 bits per heavy atom. The molecule has 4 aromatic carbocycles. The first-order valence-corrected chi connectivity index (χ1v) is 10.4. The third-order valence-electron chi connectivity index (χ3n) is 5.88. The smallest absolute Gasteiger partial charge is 0.125 e. The van der Waals surface area contributed by atoms with Crippen LogP contribution in [-0.2, 0) is 6.42 Å². The molecule has 0 fully saturated rings. The lowest BCUT2D eigenvalue weighted by molar-refractivity contribution is 0.477. The van der Waals surface area contributed by atoms with Gasteiger partial charge in [0.2, 0.25) is 0 Å². The molecule has 6 aromatic rings. The summed E-state index contributed by atoms with van der Waals surface area (Å²) < 4.78 is 0. The minimum atomic E-state index is 0.118. The molecule has 0 aliphatic heterocycles. The maximum absolute atomic E-state index is 11.0. The Hall–Kier alpha value is -4.72. The number of nitrogens with zero attached hydrogens (tertiary/aromatic N) is 4. The quantitative estimate of drug-likeness (QED) is 0.322. The van der Waals surface area contributed by atoms with E-state index in [1.807, 2.05) is 60.7 Å². The van der Waals surface area contributed by atoms with E-state index in [0.29, 0.717) is 39.6 Å². The van der Waals surface area contributed by atoms with Crippen LogP contribution in [0.3, 0.4) is 0 Å². The van der Waals surface area contributed by atoms with E-state index in [4.69, 9.17) is 0 Å². The van der Waals surface area contributed by atoms with Gasteiger partial charge in [-0.15, -0.1) is 10.2 Å². The van der Waals surface area contributed by atoms with Crippen molar-refractivity contribution in [2.24, 2.45) is 0 Å². The summed E-state index contributed by atoms with van der Waals surface area (Å²) >= 11 is 0. The molecule has 0 aliphatic carbocycles. The molecule has 8 heteroatoms. The molecule has 4 N–H and O–H groups in total. The summed E-state index contributed by atoms with van der Waals surface area (Å²) in [7, 11) is 0. The van der Waals surface area contributed by atoms with E-state index < -0.39 is 0 Å². The first-order chi connectivity index (χ1) is 16.2. The van der Waals surface area contributed by atoms with E-state index in [-0.39, 0.29) is 11.5 Å². The number of nitrogens with one attached hydrogen (secondary N) is 2. The molecule has 160 valence electrons. The molecule has 0 unspecified atom stereocenters. The zero-order chi connectivity index (χ0) is 22.4. The maximum Gasteiger partial charge on any atom is 0.125 e. The zero-order valence-electron chi connectivity index (χ0n) is 17.3. The number of hydrogen-bond donors (Lipinski definition) is 4. The lowest BCUT2D eigenvalue weighted by Gasteiger charge is -2.16. The van der Waals surface area contributed by atoms with Crippen LogP contribution in [-0.4, -0.2) is 41.0 Å². The van der Waals surface area contributed by atoms with E-state index in [0.717, 1.165) is 22.3 Å². The number of benzene rings is 4. The summed E-state index contributed by atoms with van der Waals surface area (Å²) in [5.41, 5.74) is 7.12. The van der Waals surface area contributed by atoms with Gasteiger partial charge in [0.1, 0.15) is 22.5 Å². The second kappa shape index (κ2) is 7.45. The van der Waals surface area contributed by atoms with Gasteiger partial charge in [-0.2, -0.15) is 0 Å². The van der Waals surface area contributed by atoms with Crippen molar-refractivity contribution in [1.82, 2.24) is 30.8 Å². The molecule has 0 saturated carbocycles. The predicted molar refractivity (Wildman–Crippen MR) is 125 cm³/mol. The fraction of sp³-hybridized carbons (Fsp3) is 0.0400. The van der Waals surface area contributed by atoms with Gasteiger partial charge < -0.3 is 10.2 Å². The lowest BCUT2D eigenvalue weighted by atomic mass is 9.88. The van der Waals surface area contributed by atoms with Crippen molar-refractivity contribution in [2.75, 3.05) is 0 Å². The molecule has 6 rings (SSSR count). The van der Waals surface area contributed by atoms with Gasteiger partial charge in [0, 0.05) is 29.7 Å². The van der Waals surface area contributed by atoms with Crippen LogP contribution in [0.1, 0.15) is 11.1 Å². The highest BCUT2D eigenvalue weighted by molar-refractivity contribution is 5.94. The normalized spacial score (nSPS) is 11.4. The fourth-order valence-electron chi connectivity index (χ4n) is 4.46. The third kappa shape index (κ3) is 3.08. The molecule has 2 aromatic heterocycles. The van der Waals surface area contributed by atoms with Crippen molar-refractivity contribution in [2.45, 2.75) is 6.42 Å². The monoisotopic (exact) mass is 434 g/mol. The number of H-pyrrole nitrogens is 2. The van der Waals surface area contributed by atoms with Gasteiger partial charge >= 0.3 is 0 Å². The van der Waals surface area contributed by atoms with Gasteiger partial charge in [-0.1, -0.05) is 71.1 Å². The molecule has 33 heavy (non-hydrogen) atoms. The van der Waals surface area contributed by atoms with Crippen molar-refractivity contribution in [3.05, 3.63) is 83.9 Å². The summed E-state index contributed by atoms with van der Waals surface area (Å²) in [6, 6.07) is 22.6. The molecule has 0 amide bonds. The summed E-state index contributed by atoms with van der Waals surface area (Å²) in [6.45, 7) is 0. The Morgan fingerprint density at radius 2 is 1.03 bits per heavy atom. The minimum Gasteiger partial charge on any atom is -0.507 e. The van der Waals surface area contributed by atoms with Crippen molar-refractivity contribution in [3.63, 3.8) is 0 Å². The van der Waals surface area contributed by atoms with Crippen molar-refractivity contribution >= 4 is 22.1 Å². The molecule has 0 atom stereocenters. The minimum absolute atomic E-state index is 0.118. The topological polar surface area (TPSA) is 124 Å². The molecule has 2 heterocycles. The Morgan fingerprint density at radius 1 is 0.606 bits per heavy atom. The molecule has 0 radical (unpaired) electrons. The third-order valence-corrected chi connectivity index (χ3v) is 5.88. The number of aromatic nitrogens is 6. The van der Waals surface area contributed by atoms with E-state index in [9.17, 15) is 10.2 Å². The lowest BCUT2D eigenvalue weighted by Crippen LogP contribution is -1.99. The maximum atomic E-state index is 11.0. The molecule has 8 nitrogen and oxygen atoms in total. The summed E-state index contributed by atoms with van der Waals surface area (Å²) in [6.07, 6.45) is 0.337. The van der Waals surface area contributed by atoms with Crippen molar-refractivity contribution < 1.29 is 10.2 Å². The van der Waals surface area contributed by atoms with Crippen molar-refractivity contribution in [1.29, 1.82) is 0 Å². The molecule has 0 bridgehead atoms. The Bertz CT molecular complexity index is 1490. The van der Waals surface area contributed by atoms with Gasteiger partial charge in [-0.05, 0) is 22.3 Å². The van der Waals surface area contributed by atoms with Crippen LogP contribution in [0.4, 0.5) is 0 Å². The highest BCUT2D eigenvalue weighted by Gasteiger charge is 2.23. The fourth-order valence-corrected chi connectivity index (χ4v) is 4.46. The average molecular weight is 434 g/mol. The van der Waals surface area contributed by atoms with Crippen LogP contribution >= 0.6 is 0 Å². The van der Waals surface area contributed by atoms with E-state index >= 15 is 0 Å². The molecular formula is C25H18N6O2. The summed E-state index contributed by atoms with van der Waals surface area (Å²) in [5.74, 6) is 0.236. The van der Waals surface area contributed by atoms with Crippen LogP contribution in [0, 0.1) is 0 Å². The molecule has 0 spiro atoms. The SMILES string of the molecule is Oc1cc2[nH]nnc2c(Cc2c(-c3ccccc3)c(O)cc3[nH]nnc23)c1-c1ccccc1. The van der Waals surface area contributed by atoms with Gasteiger partial charge in [0.25, 0.3) is 0 Å². The van der Waals surface area contributed by atoms with Crippen LogP contribution in [0.5, 0.6) is 11.5 Å². The average Bonchev–Trinajstić information content (AvgIpc) is 3.49. The van der Waals surface area contributed by atoms with Crippen LogP contribution in [0.2, 0.25) is 0 Å². The largest absolute Gasteiger partial charge is 0.507 e. The molecular weight excluding hydrogens is 416 g/mol. The predicted octanol–water partition coefficient (Wildman–Crippen LogP) is 4.57. The highest BCUT2D eigenvalue weighted by Crippen LogP contribution is 2.42. The second-order valence-corrected chi connectivity index (χ2v) is 7.82. The van der Waals surface area contributed by atoms with Gasteiger partial charge in [0.05, 0.1) is 11.0 Å². The number of phenolic OH excluding ortho intramolecular Hbond substituents is 2. The van der Waals surface area contributed by atoms with E-state index in [2.05, 4.69) is 30.8 Å². The Balaban J connectivity index is 1.67. The standard InChI is InChI=1S/C25H18N6O2/c32-20-12-18-24(28-30-26-18)16(22(20)14-7-3-1-4-8-14)11-17-23(15-9-5-2-6-10-15)21(33)13-19-25(17)29-31-27-19/h1-10,12-13,32-33H,11H2,(H,26,28,30)(H,27,29,31). The number of fused-ring (bicyclic) bond motifs is 2. The van der Waals surface area contributed by atoms with Gasteiger partial charge in [-0.3, -0.25) is 10.2 Å². The summed E-state index contributed by atoms with van der Waals surface area (Å²) in [5, 5.41) is 44.2. The Labute approximate surface area is 187 Å². The van der Waals surface area contributed by atoms with Crippen molar-refractivity contribution in [3.8, 4) is 33.8 Å². The van der Waals surface area contributed by atoms with E-state index in [1.165, 1.54) is 0 Å². The highest BCUT2D eigenvalue weighted by atomic mass is 16.3. The number of phenols is 2. The first-order valence-electron chi connectivity index (χ1n) is 10.4.